The zero-order chi connectivity index (χ0) is 25.8. The molecule has 2 aromatic rings. The fourth-order valence-corrected chi connectivity index (χ4v) is 11.4. The second-order valence-electron chi connectivity index (χ2n) is 11.4. The summed E-state index contributed by atoms with van der Waals surface area (Å²) in [5.41, 5.74) is -0.449. The second kappa shape index (κ2) is 10.9. The third kappa shape index (κ3) is 4.77. The molecule has 2 fully saturated rings. The minimum absolute atomic E-state index is 0.118. The standard InChI is InChI=1S/C30H41NO4Si/c1-29(2,3)36(24-14-7-5-8-15-24,25-16-9-6-10-17-25)35-23-19-26-27(32)18-13-21-30(26)20-11-12-22-31(30)28(33)34-4/h5-10,14-17,26H,11-13,18-23H2,1-4H3/t26-,30-/m1/s1. The molecule has 36 heavy (non-hydrogen) atoms. The summed E-state index contributed by atoms with van der Waals surface area (Å²) in [5.74, 6) is 0.0481. The molecule has 5 nitrogen and oxygen atoms in total. The maximum Gasteiger partial charge on any atom is 0.409 e. The predicted molar refractivity (Wildman–Crippen MR) is 146 cm³/mol. The molecule has 2 aliphatic rings. The van der Waals surface area contributed by atoms with Crippen LogP contribution in [0.2, 0.25) is 5.04 Å². The fraction of sp³-hybridized carbons (Fsp3) is 0.533. The lowest BCUT2D eigenvalue weighted by Gasteiger charge is -2.53. The molecule has 6 heteroatoms. The molecule has 0 N–H and O–H groups in total. The van der Waals surface area contributed by atoms with Gasteiger partial charge in [-0.05, 0) is 53.9 Å². The monoisotopic (exact) mass is 507 g/mol. The first-order chi connectivity index (χ1) is 17.3. The first kappa shape index (κ1) is 26.6. The number of amides is 1. The number of carbonyl (C=O) groups is 2. The van der Waals surface area contributed by atoms with E-state index in [1.165, 1.54) is 17.5 Å². The number of hydrogen-bond donors (Lipinski definition) is 0. The van der Waals surface area contributed by atoms with E-state index in [2.05, 4.69) is 69.3 Å². The quantitative estimate of drug-likeness (QED) is 0.497. The Hall–Kier alpha value is -2.44. The highest BCUT2D eigenvalue weighted by atomic mass is 28.4. The molecule has 0 unspecified atom stereocenters. The van der Waals surface area contributed by atoms with Crippen molar-refractivity contribution in [3.8, 4) is 0 Å². The number of benzene rings is 2. The summed E-state index contributed by atoms with van der Waals surface area (Å²) < 4.78 is 12.3. The van der Waals surface area contributed by atoms with Gasteiger partial charge < -0.3 is 14.1 Å². The van der Waals surface area contributed by atoms with E-state index in [-0.39, 0.29) is 22.8 Å². The Morgan fingerprint density at radius 2 is 1.56 bits per heavy atom. The molecule has 194 valence electrons. The van der Waals surface area contributed by atoms with Crippen molar-refractivity contribution in [3.63, 3.8) is 0 Å². The highest BCUT2D eigenvalue weighted by molar-refractivity contribution is 6.99. The van der Waals surface area contributed by atoms with Crippen LogP contribution < -0.4 is 10.4 Å². The Morgan fingerprint density at radius 1 is 0.972 bits per heavy atom. The molecule has 1 saturated carbocycles. The van der Waals surface area contributed by atoms with Crippen molar-refractivity contribution in [1.29, 1.82) is 0 Å². The predicted octanol–water partition coefficient (Wildman–Crippen LogP) is 5.31. The van der Waals surface area contributed by atoms with E-state index >= 15 is 0 Å². The third-order valence-electron chi connectivity index (χ3n) is 8.39. The zero-order valence-electron chi connectivity index (χ0n) is 22.3. The maximum atomic E-state index is 13.4. The van der Waals surface area contributed by atoms with Crippen molar-refractivity contribution < 1.29 is 18.8 Å². The van der Waals surface area contributed by atoms with Crippen LogP contribution in [-0.4, -0.2) is 50.9 Å². The fourth-order valence-electron chi connectivity index (χ4n) is 6.80. The van der Waals surface area contributed by atoms with Gasteiger partial charge in [0.25, 0.3) is 8.32 Å². The summed E-state index contributed by atoms with van der Waals surface area (Å²) in [6, 6.07) is 21.2. The molecule has 1 saturated heterocycles. The Bertz CT molecular complexity index is 992. The normalized spacial score (nSPS) is 23.1. The number of nitrogens with zero attached hydrogens (tertiary/aromatic N) is 1. The molecule has 2 aromatic carbocycles. The van der Waals surface area contributed by atoms with E-state index in [9.17, 15) is 9.59 Å². The smallest absolute Gasteiger partial charge is 0.409 e. The highest BCUT2D eigenvalue weighted by Crippen LogP contribution is 2.45. The van der Waals surface area contributed by atoms with Gasteiger partial charge in [-0.3, -0.25) is 4.79 Å². The van der Waals surface area contributed by atoms with Crippen LogP contribution in [0.15, 0.2) is 60.7 Å². The number of methoxy groups -OCH3 is 1. The van der Waals surface area contributed by atoms with E-state index in [1.54, 1.807) is 0 Å². The van der Waals surface area contributed by atoms with E-state index in [4.69, 9.17) is 9.16 Å². The zero-order valence-corrected chi connectivity index (χ0v) is 23.3. The molecular formula is C30H41NO4Si. The molecule has 1 spiro atoms. The van der Waals surface area contributed by atoms with Gasteiger partial charge in [0.1, 0.15) is 5.78 Å². The van der Waals surface area contributed by atoms with Crippen LogP contribution in [-0.2, 0) is 14.0 Å². The molecule has 2 atom stereocenters. The number of ether oxygens (including phenoxy) is 1. The first-order valence-electron chi connectivity index (χ1n) is 13.4. The number of carbonyl (C=O) groups excluding carboxylic acids is 2. The van der Waals surface area contributed by atoms with E-state index in [0.717, 1.165) is 32.1 Å². The van der Waals surface area contributed by atoms with Crippen LogP contribution in [0.3, 0.4) is 0 Å². The molecule has 1 aliphatic heterocycles. The molecule has 0 bridgehead atoms. The van der Waals surface area contributed by atoms with Gasteiger partial charge in [-0.15, -0.1) is 0 Å². The van der Waals surface area contributed by atoms with Gasteiger partial charge in [0, 0.05) is 25.5 Å². The van der Waals surface area contributed by atoms with Crippen molar-refractivity contribution >= 4 is 30.6 Å². The third-order valence-corrected chi connectivity index (χ3v) is 13.4. The summed E-state index contributed by atoms with van der Waals surface area (Å²) in [4.78, 5) is 28.1. The van der Waals surface area contributed by atoms with Crippen LogP contribution in [0.25, 0.3) is 0 Å². The van der Waals surface area contributed by atoms with Crippen LogP contribution >= 0.6 is 0 Å². The van der Waals surface area contributed by atoms with Crippen LogP contribution in [0.4, 0.5) is 4.79 Å². The number of likely N-dealkylation sites (tertiary alicyclic amines) is 1. The summed E-state index contributed by atoms with van der Waals surface area (Å²) >= 11 is 0. The minimum Gasteiger partial charge on any atom is -0.453 e. The second-order valence-corrected chi connectivity index (χ2v) is 15.7. The summed E-state index contributed by atoms with van der Waals surface area (Å²) in [6.45, 7) is 7.96. The summed E-state index contributed by atoms with van der Waals surface area (Å²) in [6.07, 6.45) is 5.44. The number of piperidine rings is 1. The SMILES string of the molecule is COC(=O)N1CCCC[C@]12CCCC(=O)[C@H]2CCO[Si](c1ccccc1)(c1ccccc1)C(C)(C)C. The lowest BCUT2D eigenvalue weighted by Crippen LogP contribution is -2.67. The van der Waals surface area contributed by atoms with Gasteiger partial charge in [-0.1, -0.05) is 81.4 Å². The van der Waals surface area contributed by atoms with E-state index in [1.807, 2.05) is 17.0 Å². The Morgan fingerprint density at radius 3 is 2.11 bits per heavy atom. The number of Topliss-reactive ketones (excluding diaryl/α,β-unsaturated/α-hetero) is 1. The van der Waals surface area contributed by atoms with Crippen molar-refractivity contribution in [2.24, 2.45) is 5.92 Å². The average molecular weight is 508 g/mol. The van der Waals surface area contributed by atoms with Crippen molar-refractivity contribution in [2.75, 3.05) is 20.3 Å². The molecular weight excluding hydrogens is 466 g/mol. The summed E-state index contributed by atoms with van der Waals surface area (Å²) in [5, 5.41) is 2.36. The molecule has 1 aliphatic carbocycles. The van der Waals surface area contributed by atoms with Crippen molar-refractivity contribution in [2.45, 2.75) is 76.3 Å². The van der Waals surface area contributed by atoms with Crippen molar-refractivity contribution in [3.05, 3.63) is 60.7 Å². The number of ketones is 1. The van der Waals surface area contributed by atoms with Gasteiger partial charge in [0.2, 0.25) is 0 Å². The molecule has 0 radical (unpaired) electrons. The van der Waals surface area contributed by atoms with Gasteiger partial charge in [-0.2, -0.15) is 0 Å². The molecule has 1 amide bonds. The Kier molecular flexibility index (Phi) is 8.05. The number of hydrogen-bond acceptors (Lipinski definition) is 4. The molecule has 1 heterocycles. The topological polar surface area (TPSA) is 55.8 Å². The number of rotatable bonds is 6. The molecule has 0 aromatic heterocycles. The highest BCUT2D eigenvalue weighted by Gasteiger charge is 2.53. The molecule has 4 rings (SSSR count). The van der Waals surface area contributed by atoms with Crippen LogP contribution in [0.5, 0.6) is 0 Å². The Balaban J connectivity index is 1.68. The van der Waals surface area contributed by atoms with Gasteiger partial charge >= 0.3 is 6.09 Å². The maximum absolute atomic E-state index is 13.4. The van der Waals surface area contributed by atoms with Crippen LogP contribution in [0.1, 0.15) is 65.7 Å². The largest absolute Gasteiger partial charge is 0.453 e. The lowest BCUT2D eigenvalue weighted by molar-refractivity contribution is -0.134. The van der Waals surface area contributed by atoms with E-state index < -0.39 is 13.9 Å². The Labute approximate surface area is 217 Å². The van der Waals surface area contributed by atoms with Gasteiger partial charge in [0.15, 0.2) is 0 Å². The lowest BCUT2D eigenvalue weighted by atomic mass is 9.66. The van der Waals surface area contributed by atoms with Gasteiger partial charge in [-0.25, -0.2) is 4.79 Å². The minimum atomic E-state index is -2.68. The van der Waals surface area contributed by atoms with E-state index in [0.29, 0.717) is 26.0 Å². The summed E-state index contributed by atoms with van der Waals surface area (Å²) in [7, 11) is -1.24. The average Bonchev–Trinajstić information content (AvgIpc) is 2.88. The van der Waals surface area contributed by atoms with Crippen LogP contribution in [0, 0.1) is 5.92 Å². The van der Waals surface area contributed by atoms with Crippen molar-refractivity contribution in [1.82, 2.24) is 4.90 Å². The first-order valence-corrected chi connectivity index (χ1v) is 15.3. The van der Waals surface area contributed by atoms with Gasteiger partial charge in [0.05, 0.1) is 12.6 Å².